The Morgan fingerprint density at radius 1 is 1.27 bits per heavy atom. The quantitative estimate of drug-likeness (QED) is 0.765. The number of fused-ring (bicyclic) bond motifs is 1. The van der Waals surface area contributed by atoms with Crippen LogP contribution in [0.5, 0.6) is 0 Å². The largest absolute Gasteiger partial charge is 0.355 e. The average molecular weight is 362 g/mol. The van der Waals surface area contributed by atoms with Gasteiger partial charge in [-0.1, -0.05) is 23.2 Å². The second kappa shape index (κ2) is 5.40. The number of halogens is 2. The number of carbonyl (C=O) groups is 1. The summed E-state index contributed by atoms with van der Waals surface area (Å²) in [4.78, 5) is 17.9. The summed E-state index contributed by atoms with van der Waals surface area (Å²) >= 11 is 12.2. The number of carbonyl (C=O) groups excluding carboxylic acids is 1. The van der Waals surface area contributed by atoms with Gasteiger partial charge >= 0.3 is 0 Å². The monoisotopic (exact) mass is 361 g/mol. The third kappa shape index (κ3) is 2.57. The predicted octanol–water partition coefficient (Wildman–Crippen LogP) is 2.08. The number of pyridine rings is 1. The Bertz CT molecular complexity index is 862. The van der Waals surface area contributed by atoms with Gasteiger partial charge in [0.25, 0.3) is 0 Å². The van der Waals surface area contributed by atoms with Crippen molar-refractivity contribution in [3.63, 3.8) is 0 Å². The fourth-order valence-electron chi connectivity index (χ4n) is 2.60. The third-order valence-electron chi connectivity index (χ3n) is 3.71. The number of rotatable bonds is 2. The molecule has 0 bridgehead atoms. The molecule has 118 valence electrons. The Hall–Kier alpha value is -1.31. The number of hydrogen-bond donors (Lipinski definition) is 0. The number of imidazole rings is 1. The van der Waals surface area contributed by atoms with E-state index in [2.05, 4.69) is 4.98 Å². The molecule has 3 heterocycles. The molecule has 2 aromatic heterocycles. The Balaban J connectivity index is 2.21. The molecule has 2 aromatic rings. The lowest BCUT2D eigenvalue weighted by Crippen LogP contribution is -2.41. The first-order chi connectivity index (χ1) is 10.3. The number of hydrogen-bond acceptors (Lipinski definition) is 5. The molecule has 0 N–H and O–H groups in total. The molecule has 0 amide bonds. The van der Waals surface area contributed by atoms with Gasteiger partial charge < -0.3 is 4.90 Å². The van der Waals surface area contributed by atoms with Gasteiger partial charge in [0, 0.05) is 13.1 Å². The highest BCUT2D eigenvalue weighted by molar-refractivity contribution is 7.91. The molecule has 1 aliphatic heterocycles. The van der Waals surface area contributed by atoms with E-state index in [0.717, 1.165) is 0 Å². The van der Waals surface area contributed by atoms with Gasteiger partial charge in [0.05, 0.1) is 22.1 Å². The lowest BCUT2D eigenvalue weighted by Gasteiger charge is -2.30. The zero-order valence-corrected chi connectivity index (χ0v) is 14.0. The maximum Gasteiger partial charge on any atom is 0.163 e. The number of anilines is 1. The Kier molecular flexibility index (Phi) is 3.82. The fraction of sp³-hybridized carbons (Fsp3) is 0.385. The summed E-state index contributed by atoms with van der Waals surface area (Å²) in [5.41, 5.74) is 0.933. The lowest BCUT2D eigenvalue weighted by molar-refractivity contribution is 0.101. The van der Waals surface area contributed by atoms with Crippen LogP contribution in [0.15, 0.2) is 12.4 Å². The van der Waals surface area contributed by atoms with E-state index in [1.165, 1.54) is 13.3 Å². The summed E-state index contributed by atoms with van der Waals surface area (Å²) < 4.78 is 24.9. The molecule has 0 saturated carbocycles. The van der Waals surface area contributed by atoms with Crippen LogP contribution >= 0.6 is 23.2 Å². The van der Waals surface area contributed by atoms with Crippen molar-refractivity contribution in [2.45, 2.75) is 6.92 Å². The predicted molar refractivity (Wildman–Crippen MR) is 86.1 cm³/mol. The van der Waals surface area contributed by atoms with Gasteiger partial charge in [-0.2, -0.15) is 0 Å². The third-order valence-corrected chi connectivity index (χ3v) is 5.89. The standard InChI is InChI=1S/C13H13Cl2N3O3S/c1-8(19)9-6-10(14)11-12(15)16-7-18(11)13(9)17-2-4-22(20,21)5-3-17/h6-7H,2-5H2,1H3. The molecule has 22 heavy (non-hydrogen) atoms. The van der Waals surface area contributed by atoms with E-state index in [1.54, 1.807) is 10.5 Å². The fourth-order valence-corrected chi connectivity index (χ4v) is 4.37. The zero-order valence-electron chi connectivity index (χ0n) is 11.7. The summed E-state index contributed by atoms with van der Waals surface area (Å²) in [6.07, 6.45) is 1.49. The first-order valence-corrected chi connectivity index (χ1v) is 9.19. The van der Waals surface area contributed by atoms with Crippen LogP contribution in [0.25, 0.3) is 5.52 Å². The normalized spacial score (nSPS) is 17.9. The highest BCUT2D eigenvalue weighted by Crippen LogP contribution is 2.33. The summed E-state index contributed by atoms with van der Waals surface area (Å²) in [7, 11) is -3.02. The van der Waals surface area contributed by atoms with Crippen molar-refractivity contribution in [2.75, 3.05) is 29.5 Å². The SMILES string of the molecule is CC(=O)c1cc(Cl)c2c(Cl)ncn2c1N1CCS(=O)(=O)CC1. The van der Waals surface area contributed by atoms with Crippen LogP contribution in [0, 0.1) is 0 Å². The minimum absolute atomic E-state index is 0.0525. The van der Waals surface area contributed by atoms with Crippen molar-refractivity contribution in [3.8, 4) is 0 Å². The smallest absolute Gasteiger partial charge is 0.163 e. The average Bonchev–Trinajstić information content (AvgIpc) is 2.82. The van der Waals surface area contributed by atoms with E-state index >= 15 is 0 Å². The van der Waals surface area contributed by atoms with Crippen LogP contribution in [-0.4, -0.2) is 48.2 Å². The summed E-state index contributed by atoms with van der Waals surface area (Å²) in [5, 5.41) is 0.576. The summed E-state index contributed by atoms with van der Waals surface area (Å²) in [6.45, 7) is 2.07. The molecule has 0 radical (unpaired) electrons. The van der Waals surface area contributed by atoms with Crippen molar-refractivity contribution in [2.24, 2.45) is 0 Å². The highest BCUT2D eigenvalue weighted by Gasteiger charge is 2.27. The van der Waals surface area contributed by atoms with Crippen LogP contribution in [-0.2, 0) is 9.84 Å². The van der Waals surface area contributed by atoms with Crippen LogP contribution in [0.1, 0.15) is 17.3 Å². The molecule has 9 heteroatoms. The number of sulfone groups is 1. The minimum atomic E-state index is -3.02. The molecule has 0 atom stereocenters. The van der Waals surface area contributed by atoms with Crippen LogP contribution in [0.3, 0.4) is 0 Å². The highest BCUT2D eigenvalue weighted by atomic mass is 35.5. The second-order valence-electron chi connectivity index (χ2n) is 5.18. The molecule has 1 fully saturated rings. The molecule has 0 spiro atoms. The summed E-state index contributed by atoms with van der Waals surface area (Å²) in [5.74, 6) is 0.534. The van der Waals surface area contributed by atoms with Gasteiger partial charge in [-0.25, -0.2) is 13.4 Å². The van der Waals surface area contributed by atoms with Gasteiger partial charge in [-0.05, 0) is 13.0 Å². The first-order valence-electron chi connectivity index (χ1n) is 6.61. The van der Waals surface area contributed by atoms with E-state index in [1.807, 2.05) is 4.90 Å². The minimum Gasteiger partial charge on any atom is -0.355 e. The molecule has 0 aromatic carbocycles. The van der Waals surface area contributed by atoms with Crippen LogP contribution < -0.4 is 4.90 Å². The Morgan fingerprint density at radius 3 is 2.50 bits per heavy atom. The first kappa shape index (κ1) is 15.6. The van der Waals surface area contributed by atoms with E-state index in [4.69, 9.17) is 23.2 Å². The number of nitrogens with zero attached hydrogens (tertiary/aromatic N) is 3. The summed E-state index contributed by atoms with van der Waals surface area (Å²) in [6, 6.07) is 1.56. The molecule has 3 rings (SSSR count). The number of ketones is 1. The second-order valence-corrected chi connectivity index (χ2v) is 8.25. The van der Waals surface area contributed by atoms with E-state index < -0.39 is 9.84 Å². The van der Waals surface area contributed by atoms with Crippen molar-refractivity contribution >= 4 is 50.2 Å². The van der Waals surface area contributed by atoms with Crippen molar-refractivity contribution < 1.29 is 13.2 Å². The van der Waals surface area contributed by atoms with Gasteiger partial charge in [-0.15, -0.1) is 0 Å². The lowest BCUT2D eigenvalue weighted by atomic mass is 10.1. The molecule has 0 aliphatic carbocycles. The Morgan fingerprint density at radius 2 is 1.91 bits per heavy atom. The van der Waals surface area contributed by atoms with E-state index in [-0.39, 0.29) is 22.4 Å². The van der Waals surface area contributed by atoms with Gasteiger partial charge in [0.15, 0.2) is 20.8 Å². The van der Waals surface area contributed by atoms with Crippen molar-refractivity contribution in [1.82, 2.24) is 9.38 Å². The van der Waals surface area contributed by atoms with Crippen molar-refractivity contribution in [1.29, 1.82) is 0 Å². The molecule has 1 saturated heterocycles. The molecule has 6 nitrogen and oxygen atoms in total. The molecular formula is C13H13Cl2N3O3S. The molecule has 1 aliphatic rings. The van der Waals surface area contributed by atoms with Gasteiger partial charge in [0.2, 0.25) is 0 Å². The molecular weight excluding hydrogens is 349 g/mol. The van der Waals surface area contributed by atoms with Gasteiger partial charge in [0.1, 0.15) is 17.7 Å². The number of Topliss-reactive ketones (excluding diaryl/α,β-unsaturated/α-hetero) is 1. The zero-order chi connectivity index (χ0) is 16.1. The van der Waals surface area contributed by atoms with Crippen molar-refractivity contribution in [3.05, 3.63) is 28.1 Å². The topological polar surface area (TPSA) is 71.8 Å². The maximum absolute atomic E-state index is 12.0. The van der Waals surface area contributed by atoms with Crippen LogP contribution in [0.4, 0.5) is 5.82 Å². The molecule has 0 unspecified atom stereocenters. The number of aromatic nitrogens is 2. The van der Waals surface area contributed by atoms with E-state index in [0.29, 0.717) is 35.0 Å². The van der Waals surface area contributed by atoms with Crippen LogP contribution in [0.2, 0.25) is 10.2 Å². The Labute approximate surface area is 137 Å². The maximum atomic E-state index is 12.0. The van der Waals surface area contributed by atoms with Gasteiger partial charge in [-0.3, -0.25) is 9.20 Å². The van der Waals surface area contributed by atoms with E-state index in [9.17, 15) is 13.2 Å².